The normalized spacial score (nSPS) is 12.0. The number of carboxylic acid groups (broad SMARTS) is 2. The van der Waals surface area contributed by atoms with Crippen molar-refractivity contribution in [1.82, 2.24) is 0 Å². The number of ether oxygens (including phenoxy) is 6. The summed E-state index contributed by atoms with van der Waals surface area (Å²) >= 11 is 0. The van der Waals surface area contributed by atoms with Crippen molar-refractivity contribution >= 4 is 59.9 Å². The lowest BCUT2D eigenvalue weighted by atomic mass is 10.1. The predicted octanol–water partition coefficient (Wildman–Crippen LogP) is 2.11. The van der Waals surface area contributed by atoms with Crippen molar-refractivity contribution in [3.05, 3.63) is 59.7 Å². The third-order valence-corrected chi connectivity index (χ3v) is 5.02. The summed E-state index contributed by atoms with van der Waals surface area (Å²) in [6, 6.07) is 7.62. The first-order valence-corrected chi connectivity index (χ1v) is 12.8. The Kier molecular flexibility index (Phi) is 12.9. The first-order valence-electron chi connectivity index (χ1n) is 12.8. The molecule has 0 saturated heterocycles. The molecule has 16 heteroatoms. The number of rotatable bonds is 13. The minimum atomic E-state index is -2.49. The van der Waals surface area contributed by atoms with Crippen LogP contribution in [0.4, 0.5) is 0 Å². The summed E-state index contributed by atoms with van der Waals surface area (Å²) < 4.78 is 29.3. The fourth-order valence-electron chi connectivity index (χ4n) is 3.34. The minimum absolute atomic E-state index is 0.0996. The van der Waals surface area contributed by atoms with Gasteiger partial charge in [0, 0.05) is 39.8 Å². The fourth-order valence-corrected chi connectivity index (χ4v) is 3.34. The van der Waals surface area contributed by atoms with Crippen molar-refractivity contribution in [2.24, 2.45) is 0 Å². The Balaban J connectivity index is 2.20. The average Bonchev–Trinajstić information content (AvgIpc) is 2.93. The van der Waals surface area contributed by atoms with E-state index in [1.807, 2.05) is 0 Å². The number of carbonyl (C=O) groups excluding carboxylic acids is 6. The topological polar surface area (TPSA) is 232 Å². The SMILES string of the molecule is CC(=O)Oc1ccc(/C=C/C(=O)OC(C(=O)O)C(OC(=O)/C=C/c2ccc(OC(C)=O)c(OC(C)=O)c2)C(=O)O)cc1OC(C)=O. The van der Waals surface area contributed by atoms with E-state index in [2.05, 4.69) is 0 Å². The highest BCUT2D eigenvalue weighted by Crippen LogP contribution is 2.30. The zero-order chi connectivity index (χ0) is 34.6. The van der Waals surface area contributed by atoms with Crippen molar-refractivity contribution in [2.75, 3.05) is 0 Å². The van der Waals surface area contributed by atoms with Gasteiger partial charge in [0.25, 0.3) is 0 Å². The Morgan fingerprint density at radius 2 is 0.826 bits per heavy atom. The summed E-state index contributed by atoms with van der Waals surface area (Å²) in [7, 11) is 0. The Bertz CT molecular complexity index is 1500. The lowest BCUT2D eigenvalue weighted by Gasteiger charge is -2.19. The zero-order valence-corrected chi connectivity index (χ0v) is 24.5. The molecule has 16 nitrogen and oxygen atoms in total. The maximum absolute atomic E-state index is 12.4. The summed E-state index contributed by atoms with van der Waals surface area (Å²) in [5.41, 5.74) is 0.389. The molecule has 2 aromatic carbocycles. The highest BCUT2D eigenvalue weighted by atomic mass is 16.6. The highest BCUT2D eigenvalue weighted by molar-refractivity contribution is 5.94. The standard InChI is InChI=1S/C30H26O16/c1-15(31)41-21-9-5-19(13-23(21)43-17(3)33)7-11-25(35)45-27(29(37)38)28(30(39)40)46-26(36)12-8-20-6-10-22(42-16(2)32)24(14-20)44-18(4)34/h5-14,27-28H,1-4H3,(H,37,38)(H,39,40)/b11-7+,12-8+. The van der Waals surface area contributed by atoms with E-state index in [0.717, 1.165) is 52.0 Å². The van der Waals surface area contributed by atoms with Crippen LogP contribution in [0.2, 0.25) is 0 Å². The van der Waals surface area contributed by atoms with E-state index in [1.165, 1.54) is 36.4 Å². The molecular weight excluding hydrogens is 616 g/mol. The second kappa shape index (κ2) is 16.5. The average molecular weight is 643 g/mol. The Hall–Kier alpha value is -6.32. The highest BCUT2D eigenvalue weighted by Gasteiger charge is 2.40. The van der Waals surface area contributed by atoms with Gasteiger partial charge in [-0.2, -0.15) is 0 Å². The summed E-state index contributed by atoms with van der Waals surface area (Å²) in [6.07, 6.45) is -1.37. The third kappa shape index (κ3) is 11.8. The van der Waals surface area contributed by atoms with Gasteiger partial charge in [-0.1, -0.05) is 12.1 Å². The van der Waals surface area contributed by atoms with Crippen molar-refractivity contribution in [2.45, 2.75) is 39.9 Å². The number of esters is 6. The Labute approximate surface area is 259 Å². The van der Waals surface area contributed by atoms with E-state index >= 15 is 0 Å². The summed E-state index contributed by atoms with van der Waals surface area (Å²) in [5.74, 6) is -10.1. The largest absolute Gasteiger partial charge is 0.478 e. The van der Waals surface area contributed by atoms with Gasteiger partial charge in [-0.25, -0.2) is 19.2 Å². The first kappa shape index (κ1) is 35.9. The van der Waals surface area contributed by atoms with E-state index in [-0.39, 0.29) is 34.1 Å². The van der Waals surface area contributed by atoms with Gasteiger partial charge in [0.15, 0.2) is 23.0 Å². The monoisotopic (exact) mass is 642 g/mol. The number of hydrogen-bond acceptors (Lipinski definition) is 14. The zero-order valence-electron chi connectivity index (χ0n) is 24.5. The van der Waals surface area contributed by atoms with E-state index in [9.17, 15) is 48.6 Å². The molecule has 2 unspecified atom stereocenters. The smallest absolute Gasteiger partial charge is 0.349 e. The summed E-state index contributed by atoms with van der Waals surface area (Å²) in [4.78, 5) is 93.7. The van der Waals surface area contributed by atoms with Crippen molar-refractivity contribution in [1.29, 1.82) is 0 Å². The molecule has 0 spiro atoms. The second-order valence-corrected chi connectivity index (χ2v) is 8.85. The fraction of sp³-hybridized carbons (Fsp3) is 0.200. The lowest BCUT2D eigenvalue weighted by Crippen LogP contribution is -2.45. The Morgan fingerprint density at radius 3 is 1.11 bits per heavy atom. The van der Waals surface area contributed by atoms with Gasteiger partial charge in [-0.15, -0.1) is 0 Å². The molecule has 242 valence electrons. The van der Waals surface area contributed by atoms with Gasteiger partial charge in [-0.3, -0.25) is 19.2 Å². The van der Waals surface area contributed by atoms with Crippen molar-refractivity contribution in [3.63, 3.8) is 0 Å². The third-order valence-electron chi connectivity index (χ3n) is 5.02. The molecular formula is C30H26O16. The molecule has 0 aliphatic rings. The van der Waals surface area contributed by atoms with Crippen LogP contribution in [0, 0.1) is 0 Å². The van der Waals surface area contributed by atoms with Crippen LogP contribution >= 0.6 is 0 Å². The van der Waals surface area contributed by atoms with Crippen molar-refractivity contribution in [3.8, 4) is 23.0 Å². The molecule has 0 bridgehead atoms. The van der Waals surface area contributed by atoms with E-state index in [0.29, 0.717) is 0 Å². The summed E-state index contributed by atoms with van der Waals surface area (Å²) in [6.45, 7) is 4.43. The number of benzene rings is 2. The van der Waals surface area contributed by atoms with E-state index < -0.39 is 60.0 Å². The number of carboxylic acids is 2. The lowest BCUT2D eigenvalue weighted by molar-refractivity contribution is -0.183. The van der Waals surface area contributed by atoms with Gasteiger partial charge in [0.05, 0.1) is 0 Å². The van der Waals surface area contributed by atoms with Crippen LogP contribution < -0.4 is 18.9 Å². The van der Waals surface area contributed by atoms with Gasteiger partial charge in [-0.05, 0) is 47.5 Å². The van der Waals surface area contributed by atoms with Crippen LogP contribution in [0.5, 0.6) is 23.0 Å². The van der Waals surface area contributed by atoms with Gasteiger partial charge < -0.3 is 38.6 Å². The molecule has 2 atom stereocenters. The molecule has 2 N–H and O–H groups in total. The molecule has 0 radical (unpaired) electrons. The molecule has 0 aliphatic carbocycles. The molecule has 0 saturated carbocycles. The molecule has 0 heterocycles. The quantitative estimate of drug-likeness (QED) is 0.181. The molecule has 0 aromatic heterocycles. The van der Waals surface area contributed by atoms with Crippen molar-refractivity contribution < 1.29 is 77.0 Å². The van der Waals surface area contributed by atoms with Gasteiger partial charge in [0.2, 0.25) is 12.2 Å². The number of carbonyl (C=O) groups is 8. The molecule has 0 amide bonds. The van der Waals surface area contributed by atoms with E-state index in [1.54, 1.807) is 0 Å². The van der Waals surface area contributed by atoms with Gasteiger partial charge >= 0.3 is 47.8 Å². The minimum Gasteiger partial charge on any atom is -0.478 e. The molecule has 0 aliphatic heterocycles. The van der Waals surface area contributed by atoms with Crippen LogP contribution in [0.1, 0.15) is 38.8 Å². The predicted molar refractivity (Wildman–Crippen MR) is 151 cm³/mol. The van der Waals surface area contributed by atoms with Crippen LogP contribution in [0.3, 0.4) is 0 Å². The molecule has 46 heavy (non-hydrogen) atoms. The van der Waals surface area contributed by atoms with Crippen LogP contribution in [0.15, 0.2) is 48.6 Å². The molecule has 2 aromatic rings. The van der Waals surface area contributed by atoms with Crippen LogP contribution in [-0.2, 0) is 47.8 Å². The number of aliphatic carboxylic acids is 2. The number of hydrogen-bond donors (Lipinski definition) is 2. The van der Waals surface area contributed by atoms with E-state index in [4.69, 9.17) is 28.4 Å². The second-order valence-electron chi connectivity index (χ2n) is 8.85. The molecule has 2 rings (SSSR count). The summed E-state index contributed by atoms with van der Waals surface area (Å²) in [5, 5.41) is 19.0. The maximum atomic E-state index is 12.4. The van der Waals surface area contributed by atoms with Crippen LogP contribution in [0.25, 0.3) is 12.2 Å². The first-order chi connectivity index (χ1) is 21.5. The van der Waals surface area contributed by atoms with Crippen LogP contribution in [-0.4, -0.2) is 70.2 Å². The molecule has 0 fully saturated rings. The van der Waals surface area contributed by atoms with Gasteiger partial charge in [0.1, 0.15) is 0 Å². The maximum Gasteiger partial charge on any atom is 0.349 e. The Morgan fingerprint density at radius 1 is 0.522 bits per heavy atom.